The average molecular weight is 285 g/mol. The van der Waals surface area contributed by atoms with Crippen molar-refractivity contribution < 1.29 is 13.2 Å². The number of sulfone groups is 1. The van der Waals surface area contributed by atoms with Crippen LogP contribution in [0, 0.1) is 11.3 Å². The van der Waals surface area contributed by atoms with E-state index in [9.17, 15) is 8.42 Å². The number of thioether (sulfide) groups is 1. The molecule has 0 aromatic heterocycles. The van der Waals surface area contributed by atoms with Crippen LogP contribution in [0.2, 0.25) is 0 Å². The van der Waals surface area contributed by atoms with Gasteiger partial charge in [-0.15, -0.1) is 0 Å². The molecule has 0 aliphatic heterocycles. The number of rotatable bonds is 6. The lowest BCUT2D eigenvalue weighted by Crippen LogP contribution is -2.05. The Balaban J connectivity index is 2.56. The summed E-state index contributed by atoms with van der Waals surface area (Å²) in [4.78, 5) is 0. The van der Waals surface area contributed by atoms with Gasteiger partial charge in [-0.1, -0.05) is 6.07 Å². The van der Waals surface area contributed by atoms with Gasteiger partial charge in [0.2, 0.25) is 0 Å². The summed E-state index contributed by atoms with van der Waals surface area (Å²) in [6.07, 6.45) is 1.23. The van der Waals surface area contributed by atoms with Crippen LogP contribution < -0.4 is 4.74 Å². The van der Waals surface area contributed by atoms with E-state index < -0.39 is 9.84 Å². The number of benzene rings is 1. The maximum atomic E-state index is 11.0. The molecule has 0 unspecified atom stereocenters. The Morgan fingerprint density at radius 1 is 1.44 bits per heavy atom. The smallest absolute Gasteiger partial charge is 0.148 e. The molecule has 0 aliphatic carbocycles. The average Bonchev–Trinajstić information content (AvgIpc) is 2.33. The zero-order chi connectivity index (χ0) is 13.6. The van der Waals surface area contributed by atoms with Gasteiger partial charge in [-0.25, -0.2) is 8.42 Å². The first kappa shape index (κ1) is 14.9. The van der Waals surface area contributed by atoms with Crippen molar-refractivity contribution >= 4 is 21.6 Å². The second-order valence-corrected chi connectivity index (χ2v) is 7.19. The molecule has 0 saturated heterocycles. The fraction of sp³-hybridized carbons (Fsp3) is 0.417. The third-order valence-corrected chi connectivity index (χ3v) is 4.49. The molecule has 0 fully saturated rings. The topological polar surface area (TPSA) is 67.2 Å². The molecule has 98 valence electrons. The minimum atomic E-state index is -2.89. The van der Waals surface area contributed by atoms with E-state index in [0.717, 1.165) is 5.56 Å². The normalized spacial score (nSPS) is 10.9. The lowest BCUT2D eigenvalue weighted by atomic mass is 10.1. The molecule has 0 saturated carbocycles. The van der Waals surface area contributed by atoms with Crippen molar-refractivity contribution in [2.75, 3.05) is 24.9 Å². The Hall–Kier alpha value is -1.19. The van der Waals surface area contributed by atoms with Gasteiger partial charge in [-0.2, -0.15) is 17.0 Å². The van der Waals surface area contributed by atoms with E-state index >= 15 is 0 Å². The largest absolute Gasteiger partial charge is 0.495 e. The Labute approximate surface area is 112 Å². The Morgan fingerprint density at radius 3 is 2.72 bits per heavy atom. The monoisotopic (exact) mass is 285 g/mol. The van der Waals surface area contributed by atoms with Gasteiger partial charge in [0.15, 0.2) is 0 Å². The minimum Gasteiger partial charge on any atom is -0.495 e. The summed E-state index contributed by atoms with van der Waals surface area (Å²) >= 11 is 1.55. The van der Waals surface area contributed by atoms with Crippen molar-refractivity contribution in [3.63, 3.8) is 0 Å². The van der Waals surface area contributed by atoms with E-state index in [0.29, 0.717) is 22.8 Å². The van der Waals surface area contributed by atoms with Crippen LogP contribution in [0.1, 0.15) is 11.1 Å². The standard InChI is InChI=1S/C12H15NO3S2/c1-16-12-7-10(3-4-11(12)8-13)9-17-5-6-18(2,14)15/h3-4,7H,5-6,9H2,1-2H3. The predicted molar refractivity (Wildman–Crippen MR) is 73.6 cm³/mol. The summed E-state index contributed by atoms with van der Waals surface area (Å²) < 4.78 is 27.0. The van der Waals surface area contributed by atoms with Gasteiger partial charge in [-0.3, -0.25) is 0 Å². The highest BCUT2D eigenvalue weighted by atomic mass is 32.2. The van der Waals surface area contributed by atoms with E-state index in [1.807, 2.05) is 18.2 Å². The van der Waals surface area contributed by atoms with Gasteiger partial charge in [0.25, 0.3) is 0 Å². The van der Waals surface area contributed by atoms with E-state index in [2.05, 4.69) is 0 Å². The molecule has 0 heterocycles. The number of hydrogen-bond donors (Lipinski definition) is 0. The van der Waals surface area contributed by atoms with Gasteiger partial charge < -0.3 is 4.74 Å². The number of nitrogens with zero attached hydrogens (tertiary/aromatic N) is 1. The van der Waals surface area contributed by atoms with Gasteiger partial charge in [0, 0.05) is 17.8 Å². The number of ether oxygens (including phenoxy) is 1. The maximum absolute atomic E-state index is 11.0. The van der Waals surface area contributed by atoms with Crippen molar-refractivity contribution in [2.24, 2.45) is 0 Å². The quantitative estimate of drug-likeness (QED) is 0.746. The fourth-order valence-corrected chi connectivity index (χ4v) is 3.56. The number of nitriles is 1. The highest BCUT2D eigenvalue weighted by Gasteiger charge is 2.05. The first-order valence-corrected chi connectivity index (χ1v) is 8.50. The first-order valence-electron chi connectivity index (χ1n) is 5.29. The van der Waals surface area contributed by atoms with E-state index in [4.69, 9.17) is 10.00 Å². The highest BCUT2D eigenvalue weighted by Crippen LogP contribution is 2.22. The molecule has 6 heteroatoms. The Bertz CT molecular complexity index is 547. The summed E-state index contributed by atoms with van der Waals surface area (Å²) in [5, 5.41) is 8.84. The van der Waals surface area contributed by atoms with Crippen LogP contribution in [0.5, 0.6) is 5.75 Å². The van der Waals surface area contributed by atoms with Crippen molar-refractivity contribution in [3.8, 4) is 11.8 Å². The predicted octanol–water partition coefficient (Wildman–Crippen LogP) is 1.84. The van der Waals surface area contributed by atoms with Gasteiger partial charge in [0.05, 0.1) is 18.4 Å². The number of hydrogen-bond acceptors (Lipinski definition) is 5. The molecule has 0 amide bonds. The molecule has 1 aromatic rings. The fourth-order valence-electron chi connectivity index (χ4n) is 1.32. The zero-order valence-electron chi connectivity index (χ0n) is 10.3. The molecule has 0 N–H and O–H groups in total. The molecular weight excluding hydrogens is 270 g/mol. The molecule has 18 heavy (non-hydrogen) atoms. The lowest BCUT2D eigenvalue weighted by molar-refractivity contribution is 0.413. The van der Waals surface area contributed by atoms with Crippen molar-refractivity contribution in [1.29, 1.82) is 5.26 Å². The molecule has 0 bridgehead atoms. The molecule has 1 rings (SSSR count). The molecule has 1 aromatic carbocycles. The van der Waals surface area contributed by atoms with Crippen LogP contribution >= 0.6 is 11.8 Å². The summed E-state index contributed by atoms with van der Waals surface area (Å²) in [7, 11) is -1.37. The van der Waals surface area contributed by atoms with Gasteiger partial charge in [0.1, 0.15) is 21.7 Å². The molecule has 0 aliphatic rings. The molecule has 4 nitrogen and oxygen atoms in total. The molecule has 0 atom stereocenters. The van der Waals surface area contributed by atoms with E-state index in [1.54, 1.807) is 17.8 Å². The van der Waals surface area contributed by atoms with Crippen molar-refractivity contribution in [1.82, 2.24) is 0 Å². The van der Waals surface area contributed by atoms with Crippen LogP contribution in [0.3, 0.4) is 0 Å². The van der Waals surface area contributed by atoms with Crippen LogP contribution in [0.4, 0.5) is 0 Å². The third-order valence-electron chi connectivity index (χ3n) is 2.25. The van der Waals surface area contributed by atoms with Gasteiger partial charge in [-0.05, 0) is 17.7 Å². The summed E-state index contributed by atoms with van der Waals surface area (Å²) in [6.45, 7) is 0. The van der Waals surface area contributed by atoms with Crippen molar-refractivity contribution in [2.45, 2.75) is 5.75 Å². The van der Waals surface area contributed by atoms with Crippen molar-refractivity contribution in [3.05, 3.63) is 29.3 Å². The summed E-state index contributed by atoms with van der Waals surface area (Å²) in [6, 6.07) is 7.43. The second kappa shape index (κ2) is 6.66. The Morgan fingerprint density at radius 2 is 2.17 bits per heavy atom. The first-order chi connectivity index (χ1) is 8.46. The van der Waals surface area contributed by atoms with Crippen LogP contribution in [-0.2, 0) is 15.6 Å². The SMILES string of the molecule is COc1cc(CSCCS(C)(=O)=O)ccc1C#N. The second-order valence-electron chi connectivity index (χ2n) is 3.83. The Kier molecular flexibility index (Phi) is 5.51. The molecule has 0 radical (unpaired) electrons. The number of methoxy groups -OCH3 is 1. The van der Waals surface area contributed by atoms with Crippen LogP contribution in [0.15, 0.2) is 18.2 Å². The lowest BCUT2D eigenvalue weighted by Gasteiger charge is -2.06. The van der Waals surface area contributed by atoms with Crippen LogP contribution in [0.25, 0.3) is 0 Å². The zero-order valence-corrected chi connectivity index (χ0v) is 12.0. The van der Waals surface area contributed by atoms with Gasteiger partial charge >= 0.3 is 0 Å². The van der Waals surface area contributed by atoms with E-state index in [-0.39, 0.29) is 5.75 Å². The maximum Gasteiger partial charge on any atom is 0.148 e. The molecular formula is C12H15NO3S2. The highest BCUT2D eigenvalue weighted by molar-refractivity contribution is 7.99. The third kappa shape index (κ3) is 4.98. The van der Waals surface area contributed by atoms with E-state index in [1.165, 1.54) is 13.4 Å². The van der Waals surface area contributed by atoms with Crippen LogP contribution in [-0.4, -0.2) is 33.3 Å². The summed E-state index contributed by atoms with van der Waals surface area (Å²) in [5.41, 5.74) is 1.52. The summed E-state index contributed by atoms with van der Waals surface area (Å²) in [5.74, 6) is 2.02. The molecule has 0 spiro atoms. The minimum absolute atomic E-state index is 0.186.